The van der Waals surface area contributed by atoms with E-state index in [4.69, 9.17) is 14.7 Å². The molecule has 32 heavy (non-hydrogen) atoms. The molecule has 5 heteroatoms. The molecule has 0 bridgehead atoms. The number of hydrogen-bond donors (Lipinski definition) is 1. The van der Waals surface area contributed by atoms with Crippen LogP contribution < -0.4 is 10.1 Å². The molecule has 1 aromatic carbocycles. The van der Waals surface area contributed by atoms with Crippen molar-refractivity contribution in [2.45, 2.75) is 84.5 Å². The topological polar surface area (TPSA) is 64.1 Å². The van der Waals surface area contributed by atoms with Crippen molar-refractivity contribution in [3.8, 4) is 17.0 Å². The van der Waals surface area contributed by atoms with E-state index >= 15 is 0 Å². The van der Waals surface area contributed by atoms with Crippen molar-refractivity contribution < 1.29 is 9.53 Å². The Bertz CT molecular complexity index is 950. The Balaban J connectivity index is 1.62. The molecule has 1 unspecified atom stereocenters. The minimum atomic E-state index is 0.0940. The number of methoxy groups -OCH3 is 1. The number of rotatable bonds is 8. The van der Waals surface area contributed by atoms with E-state index in [0.29, 0.717) is 24.1 Å². The number of carbonyl (C=O) groups is 1. The number of nitrogens with zero attached hydrogens (tertiary/aromatic N) is 2. The number of nitrogens with one attached hydrogen (secondary N) is 1. The molecule has 0 radical (unpaired) electrons. The number of fused-ring (bicyclic) bond motifs is 3. The van der Waals surface area contributed by atoms with Gasteiger partial charge in [0.15, 0.2) is 5.82 Å². The average molecular weight is 436 g/mol. The summed E-state index contributed by atoms with van der Waals surface area (Å²) in [5.74, 6) is 2.67. The zero-order chi connectivity index (χ0) is 22.5. The van der Waals surface area contributed by atoms with E-state index in [9.17, 15) is 4.79 Å². The number of carbonyl (C=O) groups excluding carboxylic acids is 1. The molecule has 1 saturated carbocycles. The van der Waals surface area contributed by atoms with Crippen LogP contribution in [0.2, 0.25) is 0 Å². The second-order valence-corrected chi connectivity index (χ2v) is 9.69. The van der Waals surface area contributed by atoms with Gasteiger partial charge in [-0.1, -0.05) is 46.0 Å². The summed E-state index contributed by atoms with van der Waals surface area (Å²) in [4.78, 5) is 23.0. The highest BCUT2D eigenvalue weighted by Crippen LogP contribution is 2.35. The maximum absolute atomic E-state index is 12.9. The number of aryl methyl sites for hydroxylation is 2. The molecule has 2 aromatic rings. The molecular formula is C27H37N3O2. The normalized spacial score (nSPS) is 16.7. The maximum atomic E-state index is 12.9. The fourth-order valence-electron chi connectivity index (χ4n) is 5.29. The SMILES string of the molecule is CCCC(C)Cc1nc2c(nc1NC(=O)CC1CCCCC1)CCc1cc(OC)ccc1-2. The first-order chi connectivity index (χ1) is 15.6. The monoisotopic (exact) mass is 435 g/mol. The molecule has 4 rings (SSSR count). The molecule has 2 aliphatic rings. The van der Waals surface area contributed by atoms with E-state index in [-0.39, 0.29) is 5.91 Å². The summed E-state index contributed by atoms with van der Waals surface area (Å²) in [6.07, 6.45) is 11.6. The van der Waals surface area contributed by atoms with Crippen molar-refractivity contribution in [2.75, 3.05) is 12.4 Å². The molecule has 0 aliphatic heterocycles. The molecule has 1 atom stereocenters. The van der Waals surface area contributed by atoms with Gasteiger partial charge in [-0.25, -0.2) is 9.97 Å². The first-order valence-electron chi connectivity index (χ1n) is 12.4. The van der Waals surface area contributed by atoms with Crippen LogP contribution in [0.25, 0.3) is 11.3 Å². The lowest BCUT2D eigenvalue weighted by Gasteiger charge is -2.23. The molecule has 0 saturated heterocycles. The number of amides is 1. The smallest absolute Gasteiger partial charge is 0.225 e. The van der Waals surface area contributed by atoms with Gasteiger partial charge in [0.25, 0.3) is 0 Å². The summed E-state index contributed by atoms with van der Waals surface area (Å²) in [6, 6.07) is 6.20. The third kappa shape index (κ3) is 5.31. The van der Waals surface area contributed by atoms with Crippen molar-refractivity contribution in [3.05, 3.63) is 35.2 Å². The number of benzene rings is 1. The Morgan fingerprint density at radius 3 is 2.75 bits per heavy atom. The molecule has 1 fully saturated rings. The zero-order valence-electron chi connectivity index (χ0n) is 19.9. The van der Waals surface area contributed by atoms with Crippen molar-refractivity contribution in [2.24, 2.45) is 11.8 Å². The standard InChI is InChI=1S/C27H37N3O2/c1-4-8-18(2)15-24-27(30-25(31)16-19-9-6-5-7-10-19)29-23-14-11-20-17-21(32-3)12-13-22(20)26(23)28-24/h12-13,17-19H,4-11,14-16H2,1-3H3,(H,29,30,31). The van der Waals surface area contributed by atoms with Crippen LogP contribution in [0.1, 0.15) is 82.2 Å². The quantitative estimate of drug-likeness (QED) is 0.541. The number of ether oxygens (including phenoxy) is 1. The molecule has 1 amide bonds. The first-order valence-corrected chi connectivity index (χ1v) is 12.4. The minimum Gasteiger partial charge on any atom is -0.497 e. The number of aromatic nitrogens is 2. The van der Waals surface area contributed by atoms with Gasteiger partial charge >= 0.3 is 0 Å². The fraction of sp³-hybridized carbons (Fsp3) is 0.593. The van der Waals surface area contributed by atoms with Crippen molar-refractivity contribution in [1.29, 1.82) is 0 Å². The van der Waals surface area contributed by atoms with Crippen LogP contribution in [0, 0.1) is 11.8 Å². The lowest BCUT2D eigenvalue weighted by atomic mass is 9.87. The van der Waals surface area contributed by atoms with Crippen molar-refractivity contribution >= 4 is 11.7 Å². The van der Waals surface area contributed by atoms with Gasteiger partial charge in [-0.15, -0.1) is 0 Å². The van der Waals surface area contributed by atoms with Crippen LogP contribution in [0.15, 0.2) is 18.2 Å². The molecule has 1 heterocycles. The second kappa shape index (κ2) is 10.5. The van der Waals surface area contributed by atoms with Gasteiger partial charge in [0.05, 0.1) is 24.2 Å². The van der Waals surface area contributed by atoms with Crippen LogP contribution >= 0.6 is 0 Å². The van der Waals surface area contributed by atoms with Crippen molar-refractivity contribution in [3.63, 3.8) is 0 Å². The van der Waals surface area contributed by atoms with Gasteiger partial charge in [-0.2, -0.15) is 0 Å². The third-order valence-corrected chi connectivity index (χ3v) is 7.02. The summed E-state index contributed by atoms with van der Waals surface area (Å²) in [5, 5.41) is 3.17. The van der Waals surface area contributed by atoms with Crippen LogP contribution in [-0.2, 0) is 24.1 Å². The Morgan fingerprint density at radius 1 is 1.19 bits per heavy atom. The predicted octanol–water partition coefficient (Wildman–Crippen LogP) is 6.14. The minimum absolute atomic E-state index is 0.0940. The van der Waals surface area contributed by atoms with E-state index in [0.717, 1.165) is 60.5 Å². The highest BCUT2D eigenvalue weighted by Gasteiger charge is 2.24. The van der Waals surface area contributed by atoms with E-state index in [1.807, 2.05) is 6.07 Å². The average Bonchev–Trinajstić information content (AvgIpc) is 2.79. The van der Waals surface area contributed by atoms with E-state index in [1.54, 1.807) is 7.11 Å². The lowest BCUT2D eigenvalue weighted by molar-refractivity contribution is -0.117. The van der Waals surface area contributed by atoms with Crippen LogP contribution in [0.5, 0.6) is 5.75 Å². The summed E-state index contributed by atoms with van der Waals surface area (Å²) >= 11 is 0. The van der Waals surface area contributed by atoms with E-state index in [2.05, 4.69) is 31.3 Å². The largest absolute Gasteiger partial charge is 0.497 e. The highest BCUT2D eigenvalue weighted by molar-refractivity contribution is 5.90. The molecule has 2 aliphatic carbocycles. The molecule has 1 N–H and O–H groups in total. The predicted molar refractivity (Wildman–Crippen MR) is 129 cm³/mol. The van der Waals surface area contributed by atoms with Gasteiger partial charge in [-0.05, 0) is 67.7 Å². The summed E-state index contributed by atoms with van der Waals surface area (Å²) < 4.78 is 5.41. The summed E-state index contributed by atoms with van der Waals surface area (Å²) in [5.41, 5.74) is 5.28. The van der Waals surface area contributed by atoms with E-state index < -0.39 is 0 Å². The molecule has 1 aromatic heterocycles. The Hall–Kier alpha value is -2.43. The van der Waals surface area contributed by atoms with Crippen LogP contribution in [0.4, 0.5) is 5.82 Å². The molecule has 5 nitrogen and oxygen atoms in total. The molecule has 0 spiro atoms. The summed E-state index contributed by atoms with van der Waals surface area (Å²) in [6.45, 7) is 4.47. The van der Waals surface area contributed by atoms with Crippen molar-refractivity contribution in [1.82, 2.24) is 9.97 Å². The lowest BCUT2D eigenvalue weighted by Crippen LogP contribution is -2.22. The van der Waals surface area contributed by atoms with Gasteiger partial charge in [-0.3, -0.25) is 4.79 Å². The second-order valence-electron chi connectivity index (χ2n) is 9.69. The van der Waals surface area contributed by atoms with Gasteiger partial charge in [0.1, 0.15) is 5.75 Å². The number of hydrogen-bond acceptors (Lipinski definition) is 4. The Labute approximate surface area is 192 Å². The molecular weight excluding hydrogens is 398 g/mol. The van der Waals surface area contributed by atoms with Crippen LogP contribution in [0.3, 0.4) is 0 Å². The zero-order valence-corrected chi connectivity index (χ0v) is 19.9. The first kappa shape index (κ1) is 22.8. The number of anilines is 1. The van der Waals surface area contributed by atoms with Gasteiger partial charge in [0.2, 0.25) is 5.91 Å². The van der Waals surface area contributed by atoms with Gasteiger partial charge < -0.3 is 10.1 Å². The Kier molecular flexibility index (Phi) is 7.44. The van der Waals surface area contributed by atoms with Crippen LogP contribution in [-0.4, -0.2) is 23.0 Å². The Morgan fingerprint density at radius 2 is 2.00 bits per heavy atom. The van der Waals surface area contributed by atoms with Gasteiger partial charge in [0, 0.05) is 12.0 Å². The maximum Gasteiger partial charge on any atom is 0.225 e. The summed E-state index contributed by atoms with van der Waals surface area (Å²) in [7, 11) is 1.70. The highest BCUT2D eigenvalue weighted by atomic mass is 16.5. The third-order valence-electron chi connectivity index (χ3n) is 7.02. The molecule has 172 valence electrons. The van der Waals surface area contributed by atoms with E-state index in [1.165, 1.54) is 37.7 Å². The fourth-order valence-corrected chi connectivity index (χ4v) is 5.29.